The SMILES string of the molecule is CCOC(C)C(=O)Nc1ccc(OCCN)cc1.Cl. The summed E-state index contributed by atoms with van der Waals surface area (Å²) < 4.78 is 10.5. The molecule has 5 nitrogen and oxygen atoms in total. The van der Waals surface area contributed by atoms with Gasteiger partial charge in [0.2, 0.25) is 0 Å². The number of hydrogen-bond donors (Lipinski definition) is 2. The topological polar surface area (TPSA) is 73.6 Å². The van der Waals surface area contributed by atoms with E-state index in [0.717, 1.165) is 5.75 Å². The van der Waals surface area contributed by atoms with Crippen LogP contribution in [0.4, 0.5) is 5.69 Å². The van der Waals surface area contributed by atoms with Gasteiger partial charge in [0.15, 0.2) is 0 Å². The van der Waals surface area contributed by atoms with E-state index >= 15 is 0 Å². The Bertz CT molecular complexity index is 371. The predicted molar refractivity (Wildman–Crippen MR) is 78.0 cm³/mol. The van der Waals surface area contributed by atoms with E-state index in [1.54, 1.807) is 31.2 Å². The highest BCUT2D eigenvalue weighted by molar-refractivity contribution is 5.93. The first-order valence-electron chi connectivity index (χ1n) is 6.02. The second-order valence-corrected chi connectivity index (χ2v) is 3.75. The summed E-state index contributed by atoms with van der Waals surface area (Å²) >= 11 is 0. The van der Waals surface area contributed by atoms with E-state index in [1.807, 2.05) is 6.92 Å². The van der Waals surface area contributed by atoms with Gasteiger partial charge in [0, 0.05) is 18.8 Å². The Kier molecular flexibility index (Phi) is 8.95. The van der Waals surface area contributed by atoms with Gasteiger partial charge in [0.25, 0.3) is 5.91 Å². The maximum absolute atomic E-state index is 11.7. The summed E-state index contributed by atoms with van der Waals surface area (Å²) in [7, 11) is 0. The molecule has 0 radical (unpaired) electrons. The van der Waals surface area contributed by atoms with Crippen LogP contribution < -0.4 is 15.8 Å². The smallest absolute Gasteiger partial charge is 0.253 e. The second kappa shape index (κ2) is 9.61. The molecule has 3 N–H and O–H groups in total. The molecule has 1 amide bonds. The van der Waals surface area contributed by atoms with Crippen LogP contribution in [-0.2, 0) is 9.53 Å². The van der Waals surface area contributed by atoms with E-state index in [0.29, 0.717) is 25.4 Å². The van der Waals surface area contributed by atoms with Gasteiger partial charge in [-0.2, -0.15) is 0 Å². The molecule has 0 bridgehead atoms. The Balaban J connectivity index is 0.00000324. The molecule has 0 saturated heterocycles. The van der Waals surface area contributed by atoms with Crippen molar-refractivity contribution >= 4 is 24.0 Å². The van der Waals surface area contributed by atoms with E-state index in [4.69, 9.17) is 15.2 Å². The summed E-state index contributed by atoms with van der Waals surface area (Å²) in [5.41, 5.74) is 6.05. The van der Waals surface area contributed by atoms with Crippen molar-refractivity contribution in [1.82, 2.24) is 0 Å². The lowest BCUT2D eigenvalue weighted by molar-refractivity contribution is -0.126. The second-order valence-electron chi connectivity index (χ2n) is 3.75. The lowest BCUT2D eigenvalue weighted by atomic mass is 10.3. The Morgan fingerprint density at radius 2 is 2.00 bits per heavy atom. The van der Waals surface area contributed by atoms with Crippen LogP contribution in [0.2, 0.25) is 0 Å². The van der Waals surface area contributed by atoms with Crippen LogP contribution in [0, 0.1) is 0 Å². The first kappa shape index (κ1) is 17.7. The van der Waals surface area contributed by atoms with Crippen LogP contribution in [0.1, 0.15) is 13.8 Å². The number of halogens is 1. The number of carbonyl (C=O) groups excluding carboxylic acids is 1. The molecular formula is C13H21ClN2O3. The van der Waals surface area contributed by atoms with Crippen molar-refractivity contribution in [3.05, 3.63) is 24.3 Å². The van der Waals surface area contributed by atoms with E-state index in [9.17, 15) is 4.79 Å². The monoisotopic (exact) mass is 288 g/mol. The molecule has 6 heteroatoms. The standard InChI is InChI=1S/C13H20N2O3.ClH/c1-3-17-10(2)13(16)15-11-4-6-12(7-5-11)18-9-8-14;/h4-7,10H,3,8-9,14H2,1-2H3,(H,15,16);1H. The van der Waals surface area contributed by atoms with Gasteiger partial charge in [0.05, 0.1) is 0 Å². The summed E-state index contributed by atoms with van der Waals surface area (Å²) in [5, 5.41) is 2.77. The lowest BCUT2D eigenvalue weighted by Gasteiger charge is -2.12. The summed E-state index contributed by atoms with van der Waals surface area (Å²) in [4.78, 5) is 11.7. The summed E-state index contributed by atoms with van der Waals surface area (Å²) in [6.07, 6.45) is -0.455. The molecule has 0 spiro atoms. The molecular weight excluding hydrogens is 268 g/mol. The van der Waals surface area contributed by atoms with Crippen molar-refractivity contribution in [3.63, 3.8) is 0 Å². The van der Waals surface area contributed by atoms with Crippen LogP contribution in [0.3, 0.4) is 0 Å². The van der Waals surface area contributed by atoms with Gasteiger partial charge in [-0.1, -0.05) is 0 Å². The quantitative estimate of drug-likeness (QED) is 0.802. The zero-order chi connectivity index (χ0) is 13.4. The third-order valence-electron chi connectivity index (χ3n) is 2.29. The van der Waals surface area contributed by atoms with Gasteiger partial charge in [-0.15, -0.1) is 12.4 Å². The van der Waals surface area contributed by atoms with Gasteiger partial charge >= 0.3 is 0 Å². The molecule has 1 atom stereocenters. The fourth-order valence-electron chi connectivity index (χ4n) is 1.38. The number of amides is 1. The van der Waals surface area contributed by atoms with Crippen LogP contribution >= 0.6 is 12.4 Å². The zero-order valence-corrected chi connectivity index (χ0v) is 12.0. The molecule has 1 rings (SSSR count). The van der Waals surface area contributed by atoms with Crippen molar-refractivity contribution in [3.8, 4) is 5.75 Å². The summed E-state index contributed by atoms with van der Waals surface area (Å²) in [5.74, 6) is 0.573. The van der Waals surface area contributed by atoms with Gasteiger partial charge < -0.3 is 20.5 Å². The first-order chi connectivity index (χ1) is 8.67. The number of rotatable bonds is 7. The average Bonchev–Trinajstić information content (AvgIpc) is 2.38. The van der Waals surface area contributed by atoms with E-state index in [-0.39, 0.29) is 18.3 Å². The number of benzene rings is 1. The van der Waals surface area contributed by atoms with Crippen LogP contribution in [0.5, 0.6) is 5.75 Å². The molecule has 1 aromatic rings. The molecule has 108 valence electrons. The Labute approximate surface area is 119 Å². The normalized spacial score (nSPS) is 11.3. The number of carbonyl (C=O) groups is 1. The minimum Gasteiger partial charge on any atom is -0.492 e. The molecule has 0 fully saturated rings. The van der Waals surface area contributed by atoms with Crippen molar-refractivity contribution in [2.75, 3.05) is 25.1 Å². The highest BCUT2D eigenvalue weighted by atomic mass is 35.5. The van der Waals surface area contributed by atoms with Gasteiger partial charge in [-0.05, 0) is 38.1 Å². The number of anilines is 1. The van der Waals surface area contributed by atoms with Crippen LogP contribution in [-0.4, -0.2) is 31.8 Å². The van der Waals surface area contributed by atoms with Gasteiger partial charge in [-0.25, -0.2) is 0 Å². The predicted octanol–water partition coefficient (Wildman–Crippen LogP) is 1.81. The minimum atomic E-state index is -0.455. The zero-order valence-electron chi connectivity index (χ0n) is 11.2. The van der Waals surface area contributed by atoms with Crippen molar-refractivity contribution in [2.45, 2.75) is 20.0 Å². The maximum atomic E-state index is 11.7. The largest absolute Gasteiger partial charge is 0.492 e. The fourth-order valence-corrected chi connectivity index (χ4v) is 1.38. The maximum Gasteiger partial charge on any atom is 0.253 e. The van der Waals surface area contributed by atoms with Gasteiger partial charge in [-0.3, -0.25) is 4.79 Å². The van der Waals surface area contributed by atoms with Gasteiger partial charge in [0.1, 0.15) is 18.5 Å². The first-order valence-corrected chi connectivity index (χ1v) is 6.02. The number of hydrogen-bond acceptors (Lipinski definition) is 4. The minimum absolute atomic E-state index is 0. The number of ether oxygens (including phenoxy) is 2. The van der Waals surface area contributed by atoms with Crippen molar-refractivity contribution in [2.24, 2.45) is 5.73 Å². The molecule has 0 saturated carbocycles. The molecule has 0 aliphatic carbocycles. The molecule has 1 aromatic carbocycles. The van der Waals surface area contributed by atoms with Crippen molar-refractivity contribution < 1.29 is 14.3 Å². The Morgan fingerprint density at radius 1 is 1.37 bits per heavy atom. The molecule has 0 aromatic heterocycles. The number of nitrogens with one attached hydrogen (secondary N) is 1. The number of nitrogens with two attached hydrogens (primary N) is 1. The molecule has 0 aliphatic heterocycles. The average molecular weight is 289 g/mol. The van der Waals surface area contributed by atoms with Crippen LogP contribution in [0.15, 0.2) is 24.3 Å². The lowest BCUT2D eigenvalue weighted by Crippen LogP contribution is -2.27. The van der Waals surface area contributed by atoms with E-state index < -0.39 is 6.10 Å². The summed E-state index contributed by atoms with van der Waals surface area (Å²) in [6, 6.07) is 7.14. The summed E-state index contributed by atoms with van der Waals surface area (Å²) in [6.45, 7) is 5.04. The highest BCUT2D eigenvalue weighted by Crippen LogP contribution is 2.15. The van der Waals surface area contributed by atoms with E-state index in [1.165, 1.54) is 0 Å². The molecule has 0 heterocycles. The third kappa shape index (κ3) is 6.42. The highest BCUT2D eigenvalue weighted by Gasteiger charge is 2.12. The molecule has 0 aliphatic rings. The molecule has 19 heavy (non-hydrogen) atoms. The third-order valence-corrected chi connectivity index (χ3v) is 2.29. The van der Waals surface area contributed by atoms with Crippen molar-refractivity contribution in [1.29, 1.82) is 0 Å². The Morgan fingerprint density at radius 3 is 2.53 bits per heavy atom. The fraction of sp³-hybridized carbons (Fsp3) is 0.462. The van der Waals surface area contributed by atoms with Crippen LogP contribution in [0.25, 0.3) is 0 Å². The Hall–Kier alpha value is -1.30. The van der Waals surface area contributed by atoms with E-state index in [2.05, 4.69) is 5.32 Å². The molecule has 1 unspecified atom stereocenters.